The summed E-state index contributed by atoms with van der Waals surface area (Å²) in [5.74, 6) is -0.0533. The zero-order valence-corrected chi connectivity index (χ0v) is 53.6. The second kappa shape index (κ2) is 68.8. The Kier molecular flexibility index (Phi) is 67.4. The fourth-order valence-corrected chi connectivity index (χ4v) is 11.4. The molecule has 468 valence electrons. The summed E-state index contributed by atoms with van der Waals surface area (Å²) < 4.78 is 5.47. The summed E-state index contributed by atoms with van der Waals surface area (Å²) in [6.07, 6.45) is 87.0. The standard InChI is InChI=1S/C73H141NO5/c1-3-5-7-9-11-13-15-16-17-18-19-20-21-27-30-33-36-39-42-46-49-53-57-61-65-71(76)70(69-75)74-72(77)66-62-58-54-50-47-43-40-37-34-31-28-25-23-22-24-26-29-32-35-38-41-44-48-52-56-60-64-68-79-73(78)67-63-59-55-51-45-14-12-10-8-6-4-2/h10,12,61,65,70-71,75-76H,3-9,11,13-60,62-64,66-69H2,1-2H3,(H,74,77)/b12-10-,65-61+. The lowest BCUT2D eigenvalue weighted by Gasteiger charge is -2.20. The minimum atomic E-state index is -0.844. The van der Waals surface area contributed by atoms with E-state index < -0.39 is 12.1 Å². The van der Waals surface area contributed by atoms with Crippen LogP contribution in [0.2, 0.25) is 0 Å². The molecular weight excluding hydrogens is 971 g/mol. The number of hydrogen-bond acceptors (Lipinski definition) is 5. The van der Waals surface area contributed by atoms with Gasteiger partial charge in [0.2, 0.25) is 5.91 Å². The number of aliphatic hydroxyl groups excluding tert-OH is 2. The zero-order chi connectivity index (χ0) is 57.1. The lowest BCUT2D eigenvalue weighted by molar-refractivity contribution is -0.143. The Balaban J connectivity index is 3.39. The molecular formula is C73H141NO5. The Bertz CT molecular complexity index is 1230. The van der Waals surface area contributed by atoms with Crippen LogP contribution in [-0.2, 0) is 14.3 Å². The predicted molar refractivity (Wildman–Crippen MR) is 347 cm³/mol. The van der Waals surface area contributed by atoms with Crippen molar-refractivity contribution in [2.24, 2.45) is 0 Å². The Hall–Kier alpha value is -1.66. The molecule has 2 unspecified atom stereocenters. The van der Waals surface area contributed by atoms with Crippen LogP contribution in [0.4, 0.5) is 0 Å². The Morgan fingerprint density at radius 2 is 0.608 bits per heavy atom. The average molecular weight is 1110 g/mol. The van der Waals surface area contributed by atoms with Crippen LogP contribution in [-0.4, -0.2) is 47.4 Å². The van der Waals surface area contributed by atoms with Gasteiger partial charge in [-0.25, -0.2) is 0 Å². The highest BCUT2D eigenvalue weighted by atomic mass is 16.5. The van der Waals surface area contributed by atoms with Crippen LogP contribution in [0.3, 0.4) is 0 Å². The van der Waals surface area contributed by atoms with Crippen molar-refractivity contribution in [3.8, 4) is 0 Å². The van der Waals surface area contributed by atoms with Crippen molar-refractivity contribution in [3.05, 3.63) is 24.3 Å². The summed E-state index contributed by atoms with van der Waals surface area (Å²) in [7, 11) is 0. The van der Waals surface area contributed by atoms with E-state index in [-0.39, 0.29) is 18.5 Å². The van der Waals surface area contributed by atoms with Crippen LogP contribution in [0, 0.1) is 0 Å². The number of rotatable bonds is 68. The summed E-state index contributed by atoms with van der Waals surface area (Å²) in [5.41, 5.74) is 0. The maximum absolute atomic E-state index is 12.5. The molecule has 0 spiro atoms. The van der Waals surface area contributed by atoms with E-state index >= 15 is 0 Å². The van der Waals surface area contributed by atoms with Gasteiger partial charge in [-0.15, -0.1) is 0 Å². The molecule has 0 rings (SSSR count). The number of esters is 1. The van der Waals surface area contributed by atoms with E-state index in [2.05, 4.69) is 31.3 Å². The number of ether oxygens (including phenoxy) is 1. The van der Waals surface area contributed by atoms with E-state index in [9.17, 15) is 19.8 Å². The van der Waals surface area contributed by atoms with Gasteiger partial charge in [-0.1, -0.05) is 366 Å². The summed E-state index contributed by atoms with van der Waals surface area (Å²) in [6.45, 7) is 4.91. The van der Waals surface area contributed by atoms with Gasteiger partial charge in [-0.2, -0.15) is 0 Å². The van der Waals surface area contributed by atoms with Crippen LogP contribution in [0.15, 0.2) is 24.3 Å². The highest BCUT2D eigenvalue weighted by Crippen LogP contribution is 2.19. The Morgan fingerprint density at radius 1 is 0.342 bits per heavy atom. The molecule has 6 nitrogen and oxygen atoms in total. The molecule has 0 fully saturated rings. The van der Waals surface area contributed by atoms with Crippen molar-refractivity contribution in [2.75, 3.05) is 13.2 Å². The van der Waals surface area contributed by atoms with Crippen molar-refractivity contribution >= 4 is 11.9 Å². The van der Waals surface area contributed by atoms with Crippen LogP contribution in [0.1, 0.15) is 406 Å². The Labute approximate surface area is 494 Å². The van der Waals surface area contributed by atoms with Crippen LogP contribution in [0.5, 0.6) is 0 Å². The molecule has 0 aromatic carbocycles. The van der Waals surface area contributed by atoms with Gasteiger partial charge in [0, 0.05) is 12.8 Å². The highest BCUT2D eigenvalue weighted by Gasteiger charge is 2.18. The number of nitrogens with one attached hydrogen (secondary N) is 1. The van der Waals surface area contributed by atoms with Crippen LogP contribution in [0.25, 0.3) is 0 Å². The molecule has 0 heterocycles. The summed E-state index contributed by atoms with van der Waals surface area (Å²) in [5, 5.41) is 23.3. The van der Waals surface area contributed by atoms with E-state index in [4.69, 9.17) is 4.74 Å². The number of aliphatic hydroxyl groups is 2. The third kappa shape index (κ3) is 65.4. The van der Waals surface area contributed by atoms with Gasteiger partial charge in [0.1, 0.15) is 0 Å². The molecule has 79 heavy (non-hydrogen) atoms. The molecule has 0 radical (unpaired) electrons. The van der Waals surface area contributed by atoms with Gasteiger partial charge in [-0.3, -0.25) is 9.59 Å². The summed E-state index contributed by atoms with van der Waals surface area (Å²) in [6, 6.07) is -0.627. The lowest BCUT2D eigenvalue weighted by Crippen LogP contribution is -2.45. The maximum Gasteiger partial charge on any atom is 0.305 e. The second-order valence-corrected chi connectivity index (χ2v) is 24.9. The third-order valence-corrected chi connectivity index (χ3v) is 17.0. The van der Waals surface area contributed by atoms with Gasteiger partial charge in [0.25, 0.3) is 0 Å². The molecule has 0 bridgehead atoms. The first-order valence-corrected chi connectivity index (χ1v) is 36.1. The van der Waals surface area contributed by atoms with Crippen molar-refractivity contribution in [3.63, 3.8) is 0 Å². The van der Waals surface area contributed by atoms with E-state index in [1.165, 1.54) is 334 Å². The average Bonchev–Trinajstić information content (AvgIpc) is 3.45. The molecule has 3 N–H and O–H groups in total. The largest absolute Gasteiger partial charge is 0.466 e. The van der Waals surface area contributed by atoms with Crippen molar-refractivity contribution in [1.29, 1.82) is 0 Å². The van der Waals surface area contributed by atoms with Crippen LogP contribution < -0.4 is 5.32 Å². The molecule has 0 aliphatic heterocycles. The van der Waals surface area contributed by atoms with E-state index in [0.717, 1.165) is 44.9 Å². The SMILES string of the molecule is CCCC/C=C\CCCCCCCC(=O)OCCCCCCCCCCCCCCCCCCCCCCCCCCCCCC(=O)NC(CO)C(O)/C=C/CCCCCCCCCCCCCCCCCCCCCCCC. The third-order valence-electron chi connectivity index (χ3n) is 17.0. The fourth-order valence-electron chi connectivity index (χ4n) is 11.4. The quantitative estimate of drug-likeness (QED) is 0.0320. The van der Waals surface area contributed by atoms with E-state index in [1.807, 2.05) is 6.08 Å². The number of carbonyl (C=O) groups is 2. The highest BCUT2D eigenvalue weighted by molar-refractivity contribution is 5.76. The van der Waals surface area contributed by atoms with Gasteiger partial charge in [-0.05, 0) is 51.4 Å². The number of unbranched alkanes of at least 4 members (excludes halogenated alkanes) is 55. The van der Waals surface area contributed by atoms with Crippen molar-refractivity contribution in [2.45, 2.75) is 418 Å². The topological polar surface area (TPSA) is 95.9 Å². The molecule has 6 heteroatoms. The molecule has 0 aromatic rings. The zero-order valence-electron chi connectivity index (χ0n) is 53.6. The minimum absolute atomic E-state index is 0.00725. The molecule has 2 atom stereocenters. The molecule has 0 aliphatic carbocycles. The van der Waals surface area contributed by atoms with E-state index in [1.54, 1.807) is 6.08 Å². The first-order valence-electron chi connectivity index (χ1n) is 36.1. The fraction of sp³-hybridized carbons (Fsp3) is 0.918. The van der Waals surface area contributed by atoms with Gasteiger partial charge >= 0.3 is 5.97 Å². The van der Waals surface area contributed by atoms with Gasteiger partial charge in [0.15, 0.2) is 0 Å². The lowest BCUT2D eigenvalue weighted by atomic mass is 10.0. The molecule has 0 aromatic heterocycles. The second-order valence-electron chi connectivity index (χ2n) is 24.9. The Morgan fingerprint density at radius 3 is 0.937 bits per heavy atom. The normalized spacial score (nSPS) is 12.6. The first-order chi connectivity index (χ1) is 39.0. The number of carbonyl (C=O) groups excluding carboxylic acids is 2. The maximum atomic E-state index is 12.5. The molecule has 0 aliphatic rings. The summed E-state index contributed by atoms with van der Waals surface area (Å²) >= 11 is 0. The van der Waals surface area contributed by atoms with Crippen molar-refractivity contribution < 1.29 is 24.5 Å². The number of allylic oxidation sites excluding steroid dienone is 3. The molecule has 1 amide bonds. The minimum Gasteiger partial charge on any atom is -0.466 e. The van der Waals surface area contributed by atoms with Crippen LogP contribution >= 0.6 is 0 Å². The number of hydrogen-bond donors (Lipinski definition) is 3. The van der Waals surface area contributed by atoms with Crippen molar-refractivity contribution in [1.82, 2.24) is 5.32 Å². The molecule has 0 saturated heterocycles. The monoisotopic (exact) mass is 1110 g/mol. The van der Waals surface area contributed by atoms with Gasteiger partial charge < -0.3 is 20.3 Å². The van der Waals surface area contributed by atoms with E-state index in [0.29, 0.717) is 19.4 Å². The predicted octanol–water partition coefficient (Wildman–Crippen LogP) is 23.3. The number of amides is 1. The first kappa shape index (κ1) is 77.3. The molecule has 0 saturated carbocycles. The summed E-state index contributed by atoms with van der Waals surface area (Å²) in [4.78, 5) is 24.5. The van der Waals surface area contributed by atoms with Gasteiger partial charge in [0.05, 0.1) is 25.4 Å². The smallest absolute Gasteiger partial charge is 0.305 e.